The van der Waals surface area contributed by atoms with E-state index in [2.05, 4.69) is 4.98 Å². The van der Waals surface area contributed by atoms with E-state index in [0.29, 0.717) is 11.7 Å². The molecule has 1 aromatic carbocycles. The summed E-state index contributed by atoms with van der Waals surface area (Å²) in [6.45, 7) is 1.60. The summed E-state index contributed by atoms with van der Waals surface area (Å²) in [7, 11) is 0. The molecule has 4 nitrogen and oxygen atoms in total. The Balaban J connectivity index is 2.44. The van der Waals surface area contributed by atoms with Crippen LogP contribution < -0.4 is 0 Å². The lowest BCUT2D eigenvalue weighted by Gasteiger charge is -1.97. The third-order valence-corrected chi connectivity index (χ3v) is 2.11. The van der Waals surface area contributed by atoms with Gasteiger partial charge in [0.1, 0.15) is 12.4 Å². The Kier molecular flexibility index (Phi) is 2.43. The first-order valence-corrected chi connectivity index (χ1v) is 4.57. The van der Waals surface area contributed by atoms with Crippen LogP contribution in [-0.4, -0.2) is 15.2 Å². The lowest BCUT2D eigenvalue weighted by atomic mass is 10.1. The van der Waals surface area contributed by atoms with Crippen molar-refractivity contribution in [1.29, 1.82) is 0 Å². The number of aromatic hydroxyl groups is 1. The molecule has 0 aliphatic rings. The van der Waals surface area contributed by atoms with Gasteiger partial charge in [-0.05, 0) is 31.2 Å². The quantitative estimate of drug-likeness (QED) is 0.785. The number of phenolic OH excluding ortho intramolecular Hbond substituents is 1. The van der Waals surface area contributed by atoms with Crippen LogP contribution in [0, 0.1) is 6.92 Å². The third-order valence-electron chi connectivity index (χ3n) is 2.11. The highest BCUT2D eigenvalue weighted by atomic mass is 16.4. The van der Waals surface area contributed by atoms with E-state index in [1.807, 2.05) is 6.92 Å². The van der Waals surface area contributed by atoms with Crippen LogP contribution in [0.1, 0.15) is 11.6 Å². The summed E-state index contributed by atoms with van der Waals surface area (Å²) in [5.74, 6) is 1.13. The van der Waals surface area contributed by atoms with Gasteiger partial charge in [0, 0.05) is 5.56 Å². The molecular formula is C11H11NO3. The molecule has 1 aromatic heterocycles. The highest BCUT2D eigenvalue weighted by molar-refractivity contribution is 5.60. The zero-order valence-electron chi connectivity index (χ0n) is 8.27. The molecule has 2 rings (SSSR count). The van der Waals surface area contributed by atoms with Gasteiger partial charge < -0.3 is 14.6 Å². The lowest BCUT2D eigenvalue weighted by molar-refractivity contribution is 0.241. The van der Waals surface area contributed by atoms with Crippen molar-refractivity contribution in [3.63, 3.8) is 0 Å². The van der Waals surface area contributed by atoms with Crippen LogP contribution in [0.5, 0.6) is 5.75 Å². The van der Waals surface area contributed by atoms with Crippen LogP contribution in [0.15, 0.2) is 28.7 Å². The van der Waals surface area contributed by atoms with Crippen molar-refractivity contribution >= 4 is 0 Å². The second-order valence-corrected chi connectivity index (χ2v) is 3.23. The molecular weight excluding hydrogens is 194 g/mol. The molecule has 0 bridgehead atoms. The summed E-state index contributed by atoms with van der Waals surface area (Å²) in [5, 5.41) is 18.0. The number of nitrogens with zero attached hydrogens (tertiary/aromatic N) is 1. The predicted molar refractivity (Wildman–Crippen MR) is 54.3 cm³/mol. The number of phenols is 1. The number of oxazole rings is 1. The highest BCUT2D eigenvalue weighted by Crippen LogP contribution is 2.25. The van der Waals surface area contributed by atoms with Gasteiger partial charge in [0.25, 0.3) is 0 Å². The van der Waals surface area contributed by atoms with Crippen molar-refractivity contribution in [2.75, 3.05) is 0 Å². The van der Waals surface area contributed by atoms with Gasteiger partial charge in [-0.3, -0.25) is 0 Å². The van der Waals surface area contributed by atoms with Crippen LogP contribution >= 0.6 is 0 Å². The fraction of sp³-hybridized carbons (Fsp3) is 0.182. The molecule has 1 heterocycles. The Labute approximate surface area is 86.8 Å². The predicted octanol–water partition coefficient (Wildman–Crippen LogP) is 1.85. The van der Waals surface area contributed by atoms with Crippen LogP contribution in [0.25, 0.3) is 11.3 Å². The number of rotatable bonds is 2. The number of aliphatic hydroxyl groups is 1. The van der Waals surface area contributed by atoms with Gasteiger partial charge in [0.15, 0.2) is 5.76 Å². The van der Waals surface area contributed by atoms with Crippen LogP contribution in [0.3, 0.4) is 0 Å². The number of benzene rings is 1. The second kappa shape index (κ2) is 3.74. The van der Waals surface area contributed by atoms with Gasteiger partial charge in [-0.1, -0.05) is 0 Å². The molecule has 0 fully saturated rings. The van der Waals surface area contributed by atoms with Crippen LogP contribution in [-0.2, 0) is 6.61 Å². The molecule has 78 valence electrons. The fourth-order valence-corrected chi connectivity index (χ4v) is 1.40. The third kappa shape index (κ3) is 1.85. The topological polar surface area (TPSA) is 66.5 Å². The molecule has 0 saturated heterocycles. The number of aliphatic hydroxyl groups excluding tert-OH is 1. The highest BCUT2D eigenvalue weighted by Gasteiger charge is 2.10. The van der Waals surface area contributed by atoms with E-state index in [1.54, 1.807) is 24.3 Å². The maximum absolute atomic E-state index is 9.14. The van der Waals surface area contributed by atoms with Crippen molar-refractivity contribution in [1.82, 2.24) is 4.98 Å². The Morgan fingerprint density at radius 1 is 1.27 bits per heavy atom. The molecule has 0 spiro atoms. The minimum atomic E-state index is -0.209. The zero-order valence-corrected chi connectivity index (χ0v) is 8.27. The molecule has 0 saturated carbocycles. The van der Waals surface area contributed by atoms with Crippen molar-refractivity contribution in [2.24, 2.45) is 0 Å². The number of aryl methyl sites for hydroxylation is 1. The molecule has 15 heavy (non-hydrogen) atoms. The van der Waals surface area contributed by atoms with Crippen molar-refractivity contribution < 1.29 is 14.6 Å². The Morgan fingerprint density at radius 2 is 1.93 bits per heavy atom. The summed E-state index contributed by atoms with van der Waals surface area (Å²) in [4.78, 5) is 4.05. The van der Waals surface area contributed by atoms with E-state index >= 15 is 0 Å². The van der Waals surface area contributed by atoms with Crippen LogP contribution in [0.2, 0.25) is 0 Å². The second-order valence-electron chi connectivity index (χ2n) is 3.23. The standard InChI is InChI=1S/C11H11NO3/c1-7-11(15-10(6-13)12-7)8-2-4-9(14)5-3-8/h2-5,13-14H,6H2,1H3. The summed E-state index contributed by atoms with van der Waals surface area (Å²) in [6, 6.07) is 6.64. The maximum Gasteiger partial charge on any atom is 0.220 e. The monoisotopic (exact) mass is 205 g/mol. The Hall–Kier alpha value is -1.81. The van der Waals surface area contributed by atoms with Crippen molar-refractivity contribution in [3.05, 3.63) is 35.9 Å². The molecule has 2 N–H and O–H groups in total. The number of hydrogen-bond donors (Lipinski definition) is 2. The van der Waals surface area contributed by atoms with E-state index in [1.165, 1.54) is 0 Å². The molecule has 4 heteroatoms. The SMILES string of the molecule is Cc1nc(CO)oc1-c1ccc(O)cc1. The largest absolute Gasteiger partial charge is 0.508 e. The molecule has 0 aliphatic carbocycles. The summed E-state index contributed by atoms with van der Waals surface area (Å²) < 4.78 is 5.35. The van der Waals surface area contributed by atoms with E-state index in [9.17, 15) is 0 Å². The van der Waals surface area contributed by atoms with Crippen molar-refractivity contribution in [3.8, 4) is 17.1 Å². The average molecular weight is 205 g/mol. The maximum atomic E-state index is 9.14. The van der Waals surface area contributed by atoms with Gasteiger partial charge in [-0.25, -0.2) is 4.98 Å². The summed E-state index contributed by atoms with van der Waals surface area (Å²) >= 11 is 0. The summed E-state index contributed by atoms with van der Waals surface area (Å²) in [5.41, 5.74) is 1.56. The van der Waals surface area contributed by atoms with E-state index < -0.39 is 0 Å². The molecule has 0 unspecified atom stereocenters. The van der Waals surface area contributed by atoms with E-state index in [0.717, 1.165) is 11.3 Å². The van der Waals surface area contributed by atoms with Gasteiger partial charge in [0.2, 0.25) is 5.89 Å². The Bertz CT molecular complexity index is 459. The van der Waals surface area contributed by atoms with Gasteiger partial charge in [-0.2, -0.15) is 0 Å². The minimum absolute atomic E-state index is 0.207. The normalized spacial score (nSPS) is 10.5. The zero-order chi connectivity index (χ0) is 10.8. The van der Waals surface area contributed by atoms with Gasteiger partial charge in [0.05, 0.1) is 5.69 Å². The molecule has 0 atom stereocenters. The summed E-state index contributed by atoms with van der Waals surface area (Å²) in [6.07, 6.45) is 0. The molecule has 0 radical (unpaired) electrons. The molecule has 0 aliphatic heterocycles. The van der Waals surface area contributed by atoms with Crippen LogP contribution in [0.4, 0.5) is 0 Å². The van der Waals surface area contributed by atoms with Crippen molar-refractivity contribution in [2.45, 2.75) is 13.5 Å². The first-order chi connectivity index (χ1) is 7.20. The van der Waals surface area contributed by atoms with E-state index in [-0.39, 0.29) is 12.4 Å². The molecule has 2 aromatic rings. The first-order valence-electron chi connectivity index (χ1n) is 4.57. The average Bonchev–Trinajstić information content (AvgIpc) is 2.61. The van der Waals surface area contributed by atoms with Gasteiger partial charge >= 0.3 is 0 Å². The van der Waals surface area contributed by atoms with Gasteiger partial charge in [-0.15, -0.1) is 0 Å². The smallest absolute Gasteiger partial charge is 0.220 e. The first kappa shape index (κ1) is 9.73. The molecule has 0 amide bonds. The number of aromatic nitrogens is 1. The Morgan fingerprint density at radius 3 is 2.47 bits per heavy atom. The van der Waals surface area contributed by atoms with E-state index in [4.69, 9.17) is 14.6 Å². The minimum Gasteiger partial charge on any atom is -0.508 e. The lowest BCUT2D eigenvalue weighted by Crippen LogP contribution is -1.80. The number of hydrogen-bond acceptors (Lipinski definition) is 4. The fourth-order valence-electron chi connectivity index (χ4n) is 1.40.